The average Bonchev–Trinajstić information content (AvgIpc) is 2.71. The Hall–Kier alpha value is -1.29. The van der Waals surface area contributed by atoms with E-state index in [1.807, 2.05) is 18.3 Å². The number of hydrogen-bond acceptors (Lipinski definition) is 1. The first-order chi connectivity index (χ1) is 7.81. The van der Waals surface area contributed by atoms with Gasteiger partial charge in [-0.3, -0.25) is 0 Å². The van der Waals surface area contributed by atoms with Crippen LogP contribution in [-0.2, 0) is 4.09 Å². The van der Waals surface area contributed by atoms with Crippen LogP contribution in [0.3, 0.4) is 0 Å². The second-order valence-electron chi connectivity index (χ2n) is 4.34. The van der Waals surface area contributed by atoms with Crippen LogP contribution in [0.1, 0.15) is 16.8 Å². The molecular weight excluding hydrogens is 189 g/mol. The van der Waals surface area contributed by atoms with Crippen LogP contribution in [0.15, 0.2) is 54.7 Å². The van der Waals surface area contributed by atoms with Crippen LogP contribution in [-0.4, -0.2) is 22.7 Å². The summed E-state index contributed by atoms with van der Waals surface area (Å²) in [5, 5.41) is 0. The molecule has 1 nitrogen and oxygen atoms in total. The molecule has 2 heteroatoms. The Kier molecular flexibility index (Phi) is 2.24. The Morgan fingerprint density at radius 3 is 2.62 bits per heavy atom. The molecular formula is C14H10LiN. The van der Waals surface area contributed by atoms with Gasteiger partial charge in [-0.2, -0.15) is 0 Å². The standard InChI is InChI=1S/C14H10N.Li/c1-2-6-12-11(5-1)8-9-13(12)14-7-3-4-10-15-14;/h1-10H;. The van der Waals surface area contributed by atoms with Crippen molar-refractivity contribution < 1.29 is 0 Å². The van der Waals surface area contributed by atoms with Crippen molar-refractivity contribution in [3.8, 4) is 0 Å². The van der Waals surface area contributed by atoms with Crippen molar-refractivity contribution in [1.29, 1.82) is 0 Å². The third-order valence-electron chi connectivity index (χ3n) is 3.31. The summed E-state index contributed by atoms with van der Waals surface area (Å²) in [6.45, 7) is 0. The van der Waals surface area contributed by atoms with E-state index in [0.717, 1.165) is 5.69 Å². The maximum absolute atomic E-state index is 4.48. The van der Waals surface area contributed by atoms with Gasteiger partial charge in [-0.15, -0.1) is 0 Å². The van der Waals surface area contributed by atoms with Crippen molar-refractivity contribution in [2.24, 2.45) is 0 Å². The first kappa shape index (κ1) is 9.90. The van der Waals surface area contributed by atoms with Crippen LogP contribution in [0.2, 0.25) is 0 Å². The first-order valence-corrected chi connectivity index (χ1v) is 5.51. The predicted molar refractivity (Wildman–Crippen MR) is 66.2 cm³/mol. The van der Waals surface area contributed by atoms with Crippen molar-refractivity contribution in [3.63, 3.8) is 0 Å². The van der Waals surface area contributed by atoms with Gasteiger partial charge in [-0.05, 0) is 0 Å². The molecule has 0 spiro atoms. The van der Waals surface area contributed by atoms with E-state index < -0.39 is 0 Å². The molecule has 0 aliphatic heterocycles. The molecule has 16 heavy (non-hydrogen) atoms. The molecule has 1 aromatic carbocycles. The van der Waals surface area contributed by atoms with Gasteiger partial charge >= 0.3 is 104 Å². The Morgan fingerprint density at radius 1 is 1.00 bits per heavy atom. The number of hydrogen-bond donors (Lipinski definition) is 0. The van der Waals surface area contributed by atoms with E-state index in [1.54, 1.807) is 0 Å². The Balaban J connectivity index is 2.19. The first-order valence-electron chi connectivity index (χ1n) is 5.51. The van der Waals surface area contributed by atoms with Crippen molar-refractivity contribution in [1.82, 2.24) is 4.98 Å². The molecule has 1 heterocycles. The number of benzene rings is 1. The fourth-order valence-electron chi connectivity index (χ4n) is 2.35. The van der Waals surface area contributed by atoms with Gasteiger partial charge in [0, 0.05) is 0 Å². The zero-order chi connectivity index (χ0) is 11.0. The second kappa shape index (κ2) is 3.63. The summed E-state index contributed by atoms with van der Waals surface area (Å²) in [7, 11) is 0. The van der Waals surface area contributed by atoms with Crippen LogP contribution in [0.4, 0.5) is 0 Å². The Labute approximate surface area is 104 Å². The molecule has 0 amide bonds. The van der Waals surface area contributed by atoms with Gasteiger partial charge < -0.3 is 0 Å². The summed E-state index contributed by atoms with van der Waals surface area (Å²) in [6.07, 6.45) is 6.28. The Bertz CT molecular complexity index is 548. The summed E-state index contributed by atoms with van der Waals surface area (Å²) in [5.41, 5.74) is 3.75. The number of aromatic nitrogens is 1. The van der Waals surface area contributed by atoms with Gasteiger partial charge in [-0.1, -0.05) is 0 Å². The number of pyridine rings is 1. The maximum atomic E-state index is 4.48. The molecule has 1 atom stereocenters. The molecule has 2 aromatic rings. The molecule has 1 aromatic heterocycles. The summed E-state index contributed by atoms with van der Waals surface area (Å²) >= 11 is 2.22. The van der Waals surface area contributed by atoms with Crippen molar-refractivity contribution >= 4 is 23.8 Å². The second-order valence-corrected chi connectivity index (χ2v) is 4.34. The van der Waals surface area contributed by atoms with E-state index in [9.17, 15) is 0 Å². The molecule has 0 radical (unpaired) electrons. The average molecular weight is 199 g/mol. The van der Waals surface area contributed by atoms with Gasteiger partial charge in [0.25, 0.3) is 0 Å². The summed E-state index contributed by atoms with van der Waals surface area (Å²) < 4.78 is -0.0716. The molecule has 0 saturated carbocycles. The van der Waals surface area contributed by atoms with Gasteiger partial charge in [-0.25, -0.2) is 0 Å². The van der Waals surface area contributed by atoms with E-state index in [4.69, 9.17) is 0 Å². The zero-order valence-electron chi connectivity index (χ0n) is 9.22. The number of rotatable bonds is 1. The molecule has 0 N–H and O–H groups in total. The molecule has 3 rings (SSSR count). The van der Waals surface area contributed by atoms with Crippen molar-refractivity contribution in [2.75, 3.05) is 0 Å². The normalized spacial score (nSPS) is 22.1. The fourth-order valence-corrected chi connectivity index (χ4v) is 2.35. The fraction of sp³-hybridized carbons (Fsp3) is 0.0714. The van der Waals surface area contributed by atoms with Gasteiger partial charge in [0.2, 0.25) is 0 Å². The molecule has 1 aliphatic rings. The minimum absolute atomic E-state index is 0.0716. The topological polar surface area (TPSA) is 12.9 Å². The van der Waals surface area contributed by atoms with E-state index in [-0.39, 0.29) is 4.09 Å². The van der Waals surface area contributed by atoms with Gasteiger partial charge in [0.05, 0.1) is 0 Å². The van der Waals surface area contributed by atoms with Gasteiger partial charge in [0.15, 0.2) is 0 Å². The molecule has 0 fully saturated rings. The van der Waals surface area contributed by atoms with Crippen LogP contribution >= 0.6 is 0 Å². The molecule has 1 unspecified atom stereocenters. The predicted octanol–water partition coefficient (Wildman–Crippen LogP) is 2.52. The zero-order valence-corrected chi connectivity index (χ0v) is 9.22. The third-order valence-corrected chi connectivity index (χ3v) is 3.31. The van der Waals surface area contributed by atoms with E-state index in [1.165, 1.54) is 11.1 Å². The van der Waals surface area contributed by atoms with Crippen molar-refractivity contribution in [3.05, 3.63) is 71.6 Å². The number of allylic oxidation sites excluding steroid dienone is 1. The number of nitrogens with zero attached hydrogens (tertiary/aromatic N) is 1. The van der Waals surface area contributed by atoms with E-state index in [0.29, 0.717) is 0 Å². The summed E-state index contributed by atoms with van der Waals surface area (Å²) in [5.74, 6) is 0. The molecule has 0 bridgehead atoms. The Morgan fingerprint density at radius 2 is 1.81 bits per heavy atom. The van der Waals surface area contributed by atoms with E-state index in [2.05, 4.69) is 65.2 Å². The van der Waals surface area contributed by atoms with Crippen LogP contribution in [0.25, 0.3) is 6.08 Å². The molecule has 0 saturated heterocycles. The monoisotopic (exact) mass is 199 g/mol. The SMILES string of the molecule is [Li][C]1(c2ccccn2)C=Cc2ccccc21. The minimum atomic E-state index is -0.0716. The van der Waals surface area contributed by atoms with Crippen LogP contribution in [0.5, 0.6) is 0 Å². The van der Waals surface area contributed by atoms with Crippen molar-refractivity contribution in [2.45, 2.75) is 4.09 Å². The quantitative estimate of drug-likeness (QED) is 0.643. The van der Waals surface area contributed by atoms with Crippen LogP contribution < -0.4 is 0 Å². The summed E-state index contributed by atoms with van der Waals surface area (Å²) in [4.78, 5) is 4.48. The van der Waals surface area contributed by atoms with Gasteiger partial charge in [0.1, 0.15) is 0 Å². The molecule has 72 valence electrons. The van der Waals surface area contributed by atoms with Crippen LogP contribution in [0, 0.1) is 0 Å². The third kappa shape index (κ3) is 1.37. The van der Waals surface area contributed by atoms with E-state index >= 15 is 0 Å². The summed E-state index contributed by atoms with van der Waals surface area (Å²) in [6, 6.07) is 14.6. The number of fused-ring (bicyclic) bond motifs is 1. The molecule has 1 aliphatic carbocycles.